The van der Waals surface area contributed by atoms with Crippen molar-refractivity contribution in [1.29, 1.82) is 5.26 Å². The summed E-state index contributed by atoms with van der Waals surface area (Å²) in [6.45, 7) is 3.21. The fraction of sp³-hybridized carbons (Fsp3) is 0.250. The van der Waals surface area contributed by atoms with Crippen LogP contribution in [0.2, 0.25) is 0 Å². The number of hydrogen-bond donors (Lipinski definition) is 1. The van der Waals surface area contributed by atoms with E-state index < -0.39 is 10.0 Å². The second kappa shape index (κ2) is 3.36. The minimum atomic E-state index is -3.85. The zero-order valence-corrected chi connectivity index (χ0v) is 8.59. The molecule has 0 radical (unpaired) electrons. The number of nitrogens with zero attached hydrogens (tertiary/aromatic N) is 2. The second-order valence-corrected chi connectivity index (χ2v) is 4.41. The molecule has 5 nitrogen and oxygen atoms in total. The van der Waals surface area contributed by atoms with E-state index in [1.54, 1.807) is 19.9 Å². The molecule has 0 bridgehead atoms. The van der Waals surface area contributed by atoms with Crippen molar-refractivity contribution in [3.63, 3.8) is 0 Å². The molecular weight excluding hydrogens is 202 g/mol. The summed E-state index contributed by atoms with van der Waals surface area (Å²) in [6, 6.07) is 3.07. The van der Waals surface area contributed by atoms with Gasteiger partial charge in [-0.1, -0.05) is 0 Å². The van der Waals surface area contributed by atoms with Crippen LogP contribution in [-0.2, 0) is 10.0 Å². The van der Waals surface area contributed by atoms with Gasteiger partial charge in [0.2, 0.25) is 10.0 Å². The van der Waals surface area contributed by atoms with Crippen LogP contribution in [0.5, 0.6) is 0 Å². The molecule has 0 atom stereocenters. The van der Waals surface area contributed by atoms with Crippen LogP contribution >= 0.6 is 0 Å². The smallest absolute Gasteiger partial charge is 0.239 e. The van der Waals surface area contributed by atoms with Gasteiger partial charge >= 0.3 is 0 Å². The summed E-state index contributed by atoms with van der Waals surface area (Å²) in [7, 11) is -3.85. The lowest BCUT2D eigenvalue weighted by Gasteiger charge is -2.04. The highest BCUT2D eigenvalue weighted by molar-refractivity contribution is 7.89. The maximum Gasteiger partial charge on any atom is 0.239 e. The molecule has 0 saturated carbocycles. The molecule has 1 rings (SSSR count). The van der Waals surface area contributed by atoms with Crippen molar-refractivity contribution >= 4 is 10.0 Å². The normalized spacial score (nSPS) is 11.0. The fourth-order valence-electron chi connectivity index (χ4n) is 1.15. The number of sulfonamides is 1. The minimum Gasteiger partial charge on any atom is -0.257 e. The van der Waals surface area contributed by atoms with Crippen LogP contribution in [0.1, 0.15) is 17.0 Å². The number of primary sulfonamides is 1. The average Bonchev–Trinajstić information content (AvgIpc) is 2.01. The van der Waals surface area contributed by atoms with Crippen molar-refractivity contribution in [2.75, 3.05) is 0 Å². The highest BCUT2D eigenvalue weighted by Gasteiger charge is 2.17. The largest absolute Gasteiger partial charge is 0.257 e. The van der Waals surface area contributed by atoms with E-state index in [1.165, 1.54) is 6.07 Å². The predicted molar refractivity (Wildman–Crippen MR) is 49.8 cm³/mol. The van der Waals surface area contributed by atoms with E-state index in [0.717, 1.165) is 0 Å². The lowest BCUT2D eigenvalue weighted by atomic mass is 10.2. The zero-order chi connectivity index (χ0) is 10.9. The van der Waals surface area contributed by atoms with Gasteiger partial charge in [0, 0.05) is 5.69 Å². The molecule has 0 fully saturated rings. The van der Waals surface area contributed by atoms with Crippen molar-refractivity contribution in [2.45, 2.75) is 18.7 Å². The van der Waals surface area contributed by atoms with Gasteiger partial charge in [0.15, 0.2) is 0 Å². The second-order valence-electron chi connectivity index (χ2n) is 2.88. The van der Waals surface area contributed by atoms with Crippen molar-refractivity contribution in [3.8, 4) is 6.07 Å². The fourth-order valence-corrected chi connectivity index (χ4v) is 1.97. The minimum absolute atomic E-state index is 0.0121. The molecule has 14 heavy (non-hydrogen) atoms. The van der Waals surface area contributed by atoms with Gasteiger partial charge in [-0.15, -0.1) is 0 Å². The van der Waals surface area contributed by atoms with Gasteiger partial charge < -0.3 is 0 Å². The van der Waals surface area contributed by atoms with Gasteiger partial charge in [0.25, 0.3) is 0 Å². The Kier molecular flexibility index (Phi) is 2.55. The van der Waals surface area contributed by atoms with Crippen LogP contribution in [0.4, 0.5) is 0 Å². The number of nitrogens with two attached hydrogens (primary N) is 1. The Morgan fingerprint density at radius 1 is 1.50 bits per heavy atom. The summed E-state index contributed by atoms with van der Waals surface area (Å²) in [6.07, 6.45) is 0. The van der Waals surface area contributed by atoms with E-state index in [2.05, 4.69) is 4.98 Å². The number of nitriles is 1. The Bertz CT molecular complexity index is 514. The van der Waals surface area contributed by atoms with Crippen molar-refractivity contribution < 1.29 is 8.42 Å². The van der Waals surface area contributed by atoms with E-state index in [4.69, 9.17) is 10.4 Å². The molecule has 1 aromatic heterocycles. The number of pyridine rings is 1. The first-order valence-electron chi connectivity index (χ1n) is 3.77. The molecule has 0 aliphatic rings. The maximum absolute atomic E-state index is 11.1. The average molecular weight is 211 g/mol. The molecule has 0 aliphatic heterocycles. The van der Waals surface area contributed by atoms with Gasteiger partial charge in [-0.2, -0.15) is 5.26 Å². The molecule has 2 N–H and O–H groups in total. The first kappa shape index (κ1) is 10.6. The van der Waals surface area contributed by atoms with E-state index in [0.29, 0.717) is 11.4 Å². The van der Waals surface area contributed by atoms with Crippen molar-refractivity contribution in [2.24, 2.45) is 5.14 Å². The van der Waals surface area contributed by atoms with Crippen molar-refractivity contribution in [3.05, 3.63) is 23.0 Å². The summed E-state index contributed by atoms with van der Waals surface area (Å²) >= 11 is 0. The molecule has 0 unspecified atom stereocenters. The van der Waals surface area contributed by atoms with Gasteiger partial charge in [-0.05, 0) is 19.9 Å². The first-order chi connectivity index (χ1) is 6.36. The third-order valence-electron chi connectivity index (χ3n) is 1.71. The maximum atomic E-state index is 11.1. The summed E-state index contributed by atoms with van der Waals surface area (Å²) in [5.74, 6) is 0. The molecule has 1 aromatic rings. The summed E-state index contributed by atoms with van der Waals surface area (Å²) in [5.41, 5.74) is 0.903. The Morgan fingerprint density at radius 2 is 2.07 bits per heavy atom. The van der Waals surface area contributed by atoms with Gasteiger partial charge in [-0.25, -0.2) is 13.6 Å². The lowest BCUT2D eigenvalue weighted by molar-refractivity contribution is 0.597. The van der Waals surface area contributed by atoms with E-state index in [9.17, 15) is 8.42 Å². The number of rotatable bonds is 1. The molecule has 0 saturated heterocycles. The highest BCUT2D eigenvalue weighted by Crippen LogP contribution is 2.16. The van der Waals surface area contributed by atoms with Gasteiger partial charge in [0.05, 0.1) is 11.3 Å². The van der Waals surface area contributed by atoms with Crippen LogP contribution in [-0.4, -0.2) is 13.4 Å². The quantitative estimate of drug-likeness (QED) is 0.718. The molecule has 74 valence electrons. The summed E-state index contributed by atoms with van der Waals surface area (Å²) < 4.78 is 22.2. The van der Waals surface area contributed by atoms with Crippen LogP contribution in [0, 0.1) is 25.2 Å². The van der Waals surface area contributed by atoms with Gasteiger partial charge in [-0.3, -0.25) is 4.98 Å². The first-order valence-corrected chi connectivity index (χ1v) is 5.32. The lowest BCUT2D eigenvalue weighted by Crippen LogP contribution is -2.15. The highest BCUT2D eigenvalue weighted by atomic mass is 32.2. The Labute approximate surface area is 82.2 Å². The predicted octanol–water partition coefficient (Wildman–Crippen LogP) is 0.218. The van der Waals surface area contributed by atoms with Gasteiger partial charge in [0.1, 0.15) is 11.0 Å². The van der Waals surface area contributed by atoms with E-state index >= 15 is 0 Å². The van der Waals surface area contributed by atoms with Crippen molar-refractivity contribution in [1.82, 2.24) is 4.98 Å². The molecule has 0 spiro atoms. The van der Waals surface area contributed by atoms with E-state index in [-0.39, 0.29) is 10.5 Å². The Morgan fingerprint density at radius 3 is 2.50 bits per heavy atom. The third kappa shape index (κ3) is 1.89. The van der Waals surface area contributed by atoms with Crippen LogP contribution in [0.15, 0.2) is 11.0 Å². The molecule has 0 aromatic carbocycles. The number of hydrogen-bond acceptors (Lipinski definition) is 4. The van der Waals surface area contributed by atoms with Crippen LogP contribution in [0.3, 0.4) is 0 Å². The number of aryl methyl sites for hydroxylation is 2. The summed E-state index contributed by atoms with van der Waals surface area (Å²) in [5, 5.41) is 13.7. The zero-order valence-electron chi connectivity index (χ0n) is 7.77. The topological polar surface area (TPSA) is 96.8 Å². The SMILES string of the molecule is Cc1cc(S(N)(=O)=O)c(C#N)c(C)n1. The van der Waals surface area contributed by atoms with Crippen LogP contribution in [0.25, 0.3) is 0 Å². The molecule has 1 heterocycles. The standard InChI is InChI=1S/C8H9N3O2S/c1-5-3-8(14(10,12)13)7(4-9)6(2)11-5/h3H,1-2H3,(H2,10,12,13). The summed E-state index contributed by atoms with van der Waals surface area (Å²) in [4.78, 5) is 3.81. The molecule has 6 heteroatoms. The van der Waals surface area contributed by atoms with E-state index in [1.807, 2.05) is 0 Å². The molecule has 0 aliphatic carbocycles. The Balaban J connectivity index is 3.68. The monoisotopic (exact) mass is 211 g/mol. The molecule has 0 amide bonds. The number of aromatic nitrogens is 1. The third-order valence-corrected chi connectivity index (χ3v) is 2.65. The molecular formula is C8H9N3O2S. The van der Waals surface area contributed by atoms with Crippen LogP contribution < -0.4 is 5.14 Å². The Hall–Kier alpha value is -1.45.